The van der Waals surface area contributed by atoms with Crippen molar-refractivity contribution in [3.8, 4) is 16.3 Å². The highest BCUT2D eigenvalue weighted by atomic mass is 32.2. The summed E-state index contributed by atoms with van der Waals surface area (Å²) in [6, 6.07) is 21.6. The molecule has 0 N–H and O–H groups in total. The predicted molar refractivity (Wildman–Crippen MR) is 99.7 cm³/mol. The molecule has 0 saturated carbocycles. The summed E-state index contributed by atoms with van der Waals surface area (Å²) in [6.45, 7) is 0. The highest BCUT2D eigenvalue weighted by Crippen LogP contribution is 2.33. The number of aromatic nitrogens is 1. The molecule has 4 aromatic rings. The lowest BCUT2D eigenvalue weighted by Crippen LogP contribution is -1.97. The standard InChI is InChI=1S/C19H15NO2S2/c1-24(21,22)16-10-8-14(9-11-16)18-13-15-5-2-3-6-17(15)20(18)19-7-4-12-23-19/h2-13H,1H3. The summed E-state index contributed by atoms with van der Waals surface area (Å²) >= 11 is 1.68. The number of para-hydroxylation sites is 1. The van der Waals surface area contributed by atoms with Crippen LogP contribution < -0.4 is 0 Å². The predicted octanol–water partition coefficient (Wildman–Crippen LogP) is 4.76. The molecule has 2 aromatic carbocycles. The molecule has 0 amide bonds. The van der Waals surface area contributed by atoms with Gasteiger partial charge < -0.3 is 4.57 Å². The van der Waals surface area contributed by atoms with Gasteiger partial charge in [-0.25, -0.2) is 8.42 Å². The average Bonchev–Trinajstić information content (AvgIpc) is 3.21. The van der Waals surface area contributed by atoms with E-state index < -0.39 is 9.84 Å². The van der Waals surface area contributed by atoms with Crippen LogP contribution in [0.1, 0.15) is 0 Å². The van der Waals surface area contributed by atoms with Gasteiger partial charge in [0.2, 0.25) is 0 Å². The molecule has 0 fully saturated rings. The Kier molecular flexibility index (Phi) is 3.55. The van der Waals surface area contributed by atoms with Gasteiger partial charge in [0.15, 0.2) is 9.84 Å². The zero-order valence-electron chi connectivity index (χ0n) is 13.0. The fraction of sp³-hybridized carbons (Fsp3) is 0.0526. The lowest BCUT2D eigenvalue weighted by molar-refractivity contribution is 0.602. The Hall–Kier alpha value is -2.37. The van der Waals surface area contributed by atoms with Crippen LogP contribution in [0.5, 0.6) is 0 Å². The summed E-state index contributed by atoms with van der Waals surface area (Å²) in [5, 5.41) is 4.35. The summed E-state index contributed by atoms with van der Waals surface area (Å²) in [7, 11) is -3.18. The van der Waals surface area contributed by atoms with Crippen molar-refractivity contribution in [2.75, 3.05) is 6.26 Å². The molecule has 120 valence electrons. The largest absolute Gasteiger partial charge is 0.301 e. The monoisotopic (exact) mass is 353 g/mol. The van der Waals surface area contributed by atoms with E-state index in [1.165, 1.54) is 6.26 Å². The van der Waals surface area contributed by atoms with E-state index in [9.17, 15) is 8.42 Å². The minimum atomic E-state index is -3.18. The van der Waals surface area contributed by atoms with Gasteiger partial charge in [0.05, 0.1) is 21.1 Å². The Bertz CT molecular complexity index is 1110. The van der Waals surface area contributed by atoms with Crippen molar-refractivity contribution in [3.05, 3.63) is 72.1 Å². The Balaban J connectivity index is 1.95. The van der Waals surface area contributed by atoms with Gasteiger partial charge in [0, 0.05) is 11.6 Å². The van der Waals surface area contributed by atoms with Gasteiger partial charge in [-0.1, -0.05) is 30.3 Å². The van der Waals surface area contributed by atoms with E-state index in [2.05, 4.69) is 34.2 Å². The van der Waals surface area contributed by atoms with Crippen molar-refractivity contribution in [2.24, 2.45) is 0 Å². The van der Waals surface area contributed by atoms with Gasteiger partial charge in [-0.2, -0.15) is 0 Å². The number of benzene rings is 2. The smallest absolute Gasteiger partial charge is 0.175 e. The number of sulfone groups is 1. The molecule has 0 unspecified atom stereocenters. The molecule has 0 radical (unpaired) electrons. The molecule has 0 spiro atoms. The Morgan fingerprint density at radius 2 is 1.67 bits per heavy atom. The highest BCUT2D eigenvalue weighted by molar-refractivity contribution is 7.90. The van der Waals surface area contributed by atoms with Crippen LogP contribution in [0.2, 0.25) is 0 Å². The van der Waals surface area contributed by atoms with Gasteiger partial charge in [-0.3, -0.25) is 0 Å². The maximum atomic E-state index is 11.7. The quantitative estimate of drug-likeness (QED) is 0.532. The molecule has 0 aliphatic heterocycles. The van der Waals surface area contributed by atoms with Crippen molar-refractivity contribution in [1.82, 2.24) is 4.57 Å². The second-order valence-corrected chi connectivity index (χ2v) is 8.61. The van der Waals surface area contributed by atoms with Crippen molar-refractivity contribution < 1.29 is 8.42 Å². The minimum absolute atomic E-state index is 0.338. The van der Waals surface area contributed by atoms with Crippen LogP contribution in [0, 0.1) is 0 Å². The third kappa shape index (κ3) is 2.56. The van der Waals surface area contributed by atoms with Crippen LogP contribution in [0.3, 0.4) is 0 Å². The first-order valence-corrected chi connectivity index (χ1v) is 10.3. The van der Waals surface area contributed by atoms with Gasteiger partial charge in [0.25, 0.3) is 0 Å². The Labute approximate surface area is 144 Å². The molecule has 4 rings (SSSR count). The normalized spacial score (nSPS) is 11.9. The maximum Gasteiger partial charge on any atom is 0.175 e. The van der Waals surface area contributed by atoms with E-state index in [0.717, 1.165) is 27.2 Å². The first kappa shape index (κ1) is 15.2. The lowest BCUT2D eigenvalue weighted by Gasteiger charge is -2.09. The summed E-state index contributed by atoms with van der Waals surface area (Å²) in [5.74, 6) is 0. The molecular weight excluding hydrogens is 338 g/mol. The van der Waals surface area contributed by atoms with E-state index in [0.29, 0.717) is 4.90 Å². The van der Waals surface area contributed by atoms with Gasteiger partial charge >= 0.3 is 0 Å². The van der Waals surface area contributed by atoms with Crippen molar-refractivity contribution in [3.63, 3.8) is 0 Å². The number of rotatable bonds is 3. The van der Waals surface area contributed by atoms with Crippen LogP contribution in [-0.4, -0.2) is 19.2 Å². The molecule has 3 nitrogen and oxygen atoms in total. The molecule has 24 heavy (non-hydrogen) atoms. The van der Waals surface area contributed by atoms with Gasteiger partial charge in [-0.15, -0.1) is 11.3 Å². The SMILES string of the molecule is CS(=O)(=O)c1ccc(-c2cc3ccccc3n2-c2cccs2)cc1. The van der Waals surface area contributed by atoms with Crippen LogP contribution in [0.4, 0.5) is 0 Å². The Morgan fingerprint density at radius 3 is 2.33 bits per heavy atom. The third-order valence-electron chi connectivity index (χ3n) is 4.02. The van der Waals surface area contributed by atoms with E-state index in [4.69, 9.17) is 0 Å². The molecule has 0 aliphatic carbocycles. The second kappa shape index (κ2) is 5.61. The van der Waals surface area contributed by atoms with Gasteiger partial charge in [-0.05, 0) is 47.3 Å². The number of thiophene rings is 1. The number of fused-ring (bicyclic) bond motifs is 1. The maximum absolute atomic E-state index is 11.7. The molecule has 0 bridgehead atoms. The van der Waals surface area contributed by atoms with E-state index in [1.54, 1.807) is 23.5 Å². The molecule has 2 aromatic heterocycles. The molecule has 5 heteroatoms. The topological polar surface area (TPSA) is 39.1 Å². The number of hydrogen-bond donors (Lipinski definition) is 0. The van der Waals surface area contributed by atoms with Crippen molar-refractivity contribution >= 4 is 32.1 Å². The average molecular weight is 353 g/mol. The zero-order chi connectivity index (χ0) is 16.7. The Morgan fingerprint density at radius 1 is 0.917 bits per heavy atom. The lowest BCUT2D eigenvalue weighted by atomic mass is 10.1. The molecule has 2 heterocycles. The first-order valence-electron chi connectivity index (χ1n) is 7.49. The van der Waals surface area contributed by atoms with Crippen LogP contribution >= 0.6 is 11.3 Å². The molecule has 0 saturated heterocycles. The first-order chi connectivity index (χ1) is 11.5. The minimum Gasteiger partial charge on any atom is -0.301 e. The summed E-state index contributed by atoms with van der Waals surface area (Å²) in [4.78, 5) is 0.338. The molecular formula is C19H15NO2S2. The molecule has 0 aliphatic rings. The summed E-state index contributed by atoms with van der Waals surface area (Å²) < 4.78 is 25.6. The fourth-order valence-corrected chi connectivity index (χ4v) is 4.26. The van der Waals surface area contributed by atoms with E-state index in [-0.39, 0.29) is 0 Å². The zero-order valence-corrected chi connectivity index (χ0v) is 14.6. The number of nitrogens with zero attached hydrogens (tertiary/aromatic N) is 1. The molecule has 0 atom stereocenters. The van der Waals surface area contributed by atoms with Crippen molar-refractivity contribution in [1.29, 1.82) is 0 Å². The fourth-order valence-electron chi connectivity index (χ4n) is 2.87. The van der Waals surface area contributed by atoms with E-state index in [1.807, 2.05) is 30.3 Å². The second-order valence-electron chi connectivity index (χ2n) is 5.67. The van der Waals surface area contributed by atoms with Gasteiger partial charge in [0.1, 0.15) is 0 Å². The van der Waals surface area contributed by atoms with Crippen molar-refractivity contribution in [2.45, 2.75) is 4.90 Å². The third-order valence-corrected chi connectivity index (χ3v) is 6.00. The number of hydrogen-bond acceptors (Lipinski definition) is 3. The van der Waals surface area contributed by atoms with Crippen LogP contribution in [0.15, 0.2) is 77.0 Å². The van der Waals surface area contributed by atoms with Crippen LogP contribution in [-0.2, 0) is 9.84 Å². The highest BCUT2D eigenvalue weighted by Gasteiger charge is 2.14. The van der Waals surface area contributed by atoms with E-state index >= 15 is 0 Å². The van der Waals surface area contributed by atoms with Crippen LogP contribution in [0.25, 0.3) is 27.2 Å². The summed E-state index contributed by atoms with van der Waals surface area (Å²) in [5.41, 5.74) is 3.19. The summed E-state index contributed by atoms with van der Waals surface area (Å²) in [6.07, 6.45) is 1.23.